The van der Waals surface area contributed by atoms with Crippen LogP contribution in [0.4, 0.5) is 0 Å². The number of likely N-dealkylation sites (N-methyl/N-ethyl adjacent to an activating group) is 2. The van der Waals surface area contributed by atoms with Gasteiger partial charge in [0.2, 0.25) is 11.6 Å². The molecule has 2 aliphatic rings. The van der Waals surface area contributed by atoms with Gasteiger partial charge < -0.3 is 18.4 Å². The molecule has 6 heteroatoms. The highest BCUT2D eigenvalue weighted by atomic mass is 16.5. The second-order valence-corrected chi connectivity index (χ2v) is 9.68. The van der Waals surface area contributed by atoms with Gasteiger partial charge in [-0.3, -0.25) is 9.59 Å². The first-order valence-corrected chi connectivity index (χ1v) is 11.5. The number of carbonyl (C=O) groups excluding carboxylic acids is 2. The number of ether oxygens (including phenoxy) is 2. The largest absolute Gasteiger partial charge is 0.370 e. The van der Waals surface area contributed by atoms with Gasteiger partial charge in [0, 0.05) is 11.1 Å². The van der Waals surface area contributed by atoms with Crippen LogP contribution in [-0.4, -0.2) is 100 Å². The summed E-state index contributed by atoms with van der Waals surface area (Å²) in [4.78, 5) is 25.5. The van der Waals surface area contributed by atoms with Crippen molar-refractivity contribution in [2.75, 3.05) is 79.8 Å². The molecule has 0 spiro atoms. The minimum absolute atomic E-state index is 0.168. The zero-order valence-corrected chi connectivity index (χ0v) is 19.2. The van der Waals surface area contributed by atoms with Crippen molar-refractivity contribution in [3.63, 3.8) is 0 Å². The third-order valence-corrected chi connectivity index (χ3v) is 6.90. The summed E-state index contributed by atoms with van der Waals surface area (Å²) in [5.74, 6) is 0.336. The topological polar surface area (TPSA) is 52.6 Å². The van der Waals surface area contributed by atoms with Crippen LogP contribution in [0.2, 0.25) is 0 Å². The molecule has 0 radical (unpaired) electrons. The van der Waals surface area contributed by atoms with E-state index >= 15 is 0 Å². The summed E-state index contributed by atoms with van der Waals surface area (Å²) < 4.78 is 12.3. The molecule has 2 heterocycles. The van der Waals surface area contributed by atoms with Crippen molar-refractivity contribution in [1.29, 1.82) is 0 Å². The molecule has 0 atom stereocenters. The lowest BCUT2D eigenvalue weighted by Gasteiger charge is -2.36. The first-order valence-electron chi connectivity index (χ1n) is 11.5. The van der Waals surface area contributed by atoms with E-state index in [0.29, 0.717) is 39.5 Å². The number of morpholine rings is 2. The van der Waals surface area contributed by atoms with Crippen molar-refractivity contribution in [1.82, 2.24) is 0 Å². The summed E-state index contributed by atoms with van der Waals surface area (Å²) in [7, 11) is 4.25. The average molecular weight is 439 g/mol. The maximum absolute atomic E-state index is 12.8. The SMILES string of the molecule is C[N+]1(CC(=O)c2ccc(-c3ccc(C(=O)C[N+]4(C)CCOCC4)cc3)cc2)CCOCC1. The van der Waals surface area contributed by atoms with E-state index in [4.69, 9.17) is 9.47 Å². The van der Waals surface area contributed by atoms with Gasteiger partial charge in [0.1, 0.15) is 39.3 Å². The number of quaternary nitrogens is 2. The number of benzene rings is 2. The molecule has 2 aliphatic heterocycles. The Balaban J connectivity index is 1.38. The lowest BCUT2D eigenvalue weighted by molar-refractivity contribution is -0.908. The summed E-state index contributed by atoms with van der Waals surface area (Å²) in [5.41, 5.74) is 3.57. The predicted octanol–water partition coefficient (Wildman–Crippen LogP) is 2.67. The monoisotopic (exact) mass is 438 g/mol. The molecule has 0 saturated carbocycles. The van der Waals surface area contributed by atoms with Crippen molar-refractivity contribution in [2.24, 2.45) is 0 Å². The standard InChI is InChI=1S/C26H34N2O4/c1-27(11-15-31-16-12-27)19-25(29)23-7-3-21(4-8-23)22-5-9-24(10-6-22)26(30)20-28(2)13-17-32-18-14-28/h3-10H,11-20H2,1-2H3/q+2. The zero-order valence-electron chi connectivity index (χ0n) is 19.2. The summed E-state index contributed by atoms with van der Waals surface area (Å²) in [6.45, 7) is 7.37. The number of hydrogen-bond donors (Lipinski definition) is 0. The lowest BCUT2D eigenvalue weighted by atomic mass is 9.99. The minimum atomic E-state index is 0.168. The summed E-state index contributed by atoms with van der Waals surface area (Å²) in [6, 6.07) is 15.6. The van der Waals surface area contributed by atoms with Gasteiger partial charge in [-0.05, 0) is 11.1 Å². The Hall–Kier alpha value is -2.38. The van der Waals surface area contributed by atoms with E-state index in [2.05, 4.69) is 14.1 Å². The van der Waals surface area contributed by atoms with Gasteiger partial charge >= 0.3 is 0 Å². The molecule has 0 amide bonds. The molecule has 0 N–H and O–H groups in total. The molecule has 2 saturated heterocycles. The molecule has 0 unspecified atom stereocenters. The van der Waals surface area contributed by atoms with Gasteiger partial charge in [-0.25, -0.2) is 0 Å². The first-order chi connectivity index (χ1) is 15.4. The molecule has 2 aromatic rings. The van der Waals surface area contributed by atoms with Crippen LogP contribution in [-0.2, 0) is 9.47 Å². The second kappa shape index (κ2) is 9.63. The van der Waals surface area contributed by atoms with Crippen LogP contribution in [0.1, 0.15) is 20.7 Å². The number of hydrogen-bond acceptors (Lipinski definition) is 4. The third kappa shape index (κ3) is 5.51. The number of ketones is 2. The van der Waals surface area contributed by atoms with Crippen LogP contribution in [0.15, 0.2) is 48.5 Å². The molecule has 4 rings (SSSR count). The van der Waals surface area contributed by atoms with Crippen LogP contribution >= 0.6 is 0 Å². The molecule has 6 nitrogen and oxygen atoms in total. The van der Waals surface area contributed by atoms with Gasteiger partial charge in [-0.2, -0.15) is 0 Å². The maximum Gasteiger partial charge on any atom is 0.216 e. The van der Waals surface area contributed by atoms with Crippen LogP contribution in [0.3, 0.4) is 0 Å². The summed E-state index contributed by atoms with van der Waals surface area (Å²) >= 11 is 0. The Bertz CT molecular complexity index is 861. The predicted molar refractivity (Wildman–Crippen MR) is 124 cm³/mol. The zero-order chi connectivity index (χ0) is 22.6. The van der Waals surface area contributed by atoms with Crippen molar-refractivity contribution >= 4 is 11.6 Å². The highest BCUT2D eigenvalue weighted by Gasteiger charge is 2.29. The van der Waals surface area contributed by atoms with E-state index in [-0.39, 0.29) is 11.6 Å². The summed E-state index contributed by atoms with van der Waals surface area (Å²) in [6.07, 6.45) is 0. The quantitative estimate of drug-likeness (QED) is 0.493. The lowest BCUT2D eigenvalue weighted by Crippen LogP contribution is -2.54. The van der Waals surface area contributed by atoms with E-state index in [1.165, 1.54) is 0 Å². The highest BCUT2D eigenvalue weighted by Crippen LogP contribution is 2.22. The van der Waals surface area contributed by atoms with E-state index in [1.807, 2.05) is 48.5 Å². The Morgan fingerprint density at radius 2 is 0.938 bits per heavy atom. The fraction of sp³-hybridized carbons (Fsp3) is 0.462. The van der Waals surface area contributed by atoms with Crippen molar-refractivity contribution in [3.05, 3.63) is 59.7 Å². The summed E-state index contributed by atoms with van der Waals surface area (Å²) in [5, 5.41) is 0. The Morgan fingerprint density at radius 1 is 0.625 bits per heavy atom. The molecule has 32 heavy (non-hydrogen) atoms. The molecule has 0 aliphatic carbocycles. The maximum atomic E-state index is 12.8. The average Bonchev–Trinajstić information content (AvgIpc) is 2.79. The van der Waals surface area contributed by atoms with E-state index in [0.717, 1.165) is 57.4 Å². The van der Waals surface area contributed by atoms with Gasteiger partial charge in [0.05, 0.1) is 40.5 Å². The molecule has 0 aromatic heterocycles. The van der Waals surface area contributed by atoms with Crippen molar-refractivity contribution in [2.45, 2.75) is 0 Å². The van der Waals surface area contributed by atoms with Crippen LogP contribution in [0, 0.1) is 0 Å². The fourth-order valence-corrected chi connectivity index (χ4v) is 4.46. The van der Waals surface area contributed by atoms with Crippen molar-refractivity contribution in [3.8, 4) is 11.1 Å². The van der Waals surface area contributed by atoms with E-state index in [1.54, 1.807) is 0 Å². The van der Waals surface area contributed by atoms with Crippen LogP contribution in [0.5, 0.6) is 0 Å². The molecule has 170 valence electrons. The molecular formula is C26H34N2O4+2. The number of carbonyl (C=O) groups is 2. The highest BCUT2D eigenvalue weighted by molar-refractivity contribution is 5.98. The van der Waals surface area contributed by atoms with Crippen LogP contribution in [0.25, 0.3) is 11.1 Å². The van der Waals surface area contributed by atoms with Gasteiger partial charge in [-0.15, -0.1) is 0 Å². The van der Waals surface area contributed by atoms with Gasteiger partial charge in [0.25, 0.3) is 0 Å². The molecule has 0 bridgehead atoms. The normalized spacial score (nSPS) is 19.9. The first kappa shape index (κ1) is 22.8. The smallest absolute Gasteiger partial charge is 0.216 e. The number of nitrogens with zero attached hydrogens (tertiary/aromatic N) is 2. The molecule has 2 fully saturated rings. The Labute approximate surface area is 190 Å². The van der Waals surface area contributed by atoms with E-state index in [9.17, 15) is 9.59 Å². The number of rotatable bonds is 7. The molecule has 2 aromatic carbocycles. The van der Waals surface area contributed by atoms with E-state index < -0.39 is 0 Å². The third-order valence-electron chi connectivity index (χ3n) is 6.90. The van der Waals surface area contributed by atoms with Gasteiger partial charge in [0.15, 0.2) is 0 Å². The van der Waals surface area contributed by atoms with Crippen molar-refractivity contribution < 1.29 is 28.0 Å². The Kier molecular flexibility index (Phi) is 6.86. The fourth-order valence-electron chi connectivity index (χ4n) is 4.46. The van der Waals surface area contributed by atoms with Gasteiger partial charge in [-0.1, -0.05) is 48.5 Å². The number of Topliss-reactive ketones (excluding diaryl/α,β-unsaturated/α-hetero) is 2. The molecular weight excluding hydrogens is 404 g/mol. The Morgan fingerprint density at radius 3 is 1.25 bits per heavy atom. The second-order valence-electron chi connectivity index (χ2n) is 9.68. The van der Waals surface area contributed by atoms with Crippen LogP contribution < -0.4 is 0 Å². The minimum Gasteiger partial charge on any atom is -0.370 e.